The minimum atomic E-state index is -0.682. The van der Waals surface area contributed by atoms with E-state index in [2.05, 4.69) is 48.6 Å². The molecule has 2 N–H and O–H groups in total. The van der Waals surface area contributed by atoms with Crippen LogP contribution in [0.15, 0.2) is 54.6 Å². The van der Waals surface area contributed by atoms with Gasteiger partial charge < -0.3 is 10.4 Å². The van der Waals surface area contributed by atoms with E-state index in [4.69, 9.17) is 5.11 Å². The van der Waals surface area contributed by atoms with Crippen LogP contribution in [0.5, 0.6) is 0 Å². The molecule has 4 nitrogen and oxygen atoms in total. The fourth-order valence-corrected chi connectivity index (χ4v) is 6.80. The van der Waals surface area contributed by atoms with E-state index in [0.29, 0.717) is 0 Å². The van der Waals surface area contributed by atoms with Crippen LogP contribution in [0.3, 0.4) is 0 Å². The number of aliphatic carboxylic acids is 1. The first kappa shape index (κ1) is 21.9. The monoisotopic (exact) mass is 459 g/mol. The predicted molar refractivity (Wildman–Crippen MR) is 132 cm³/mol. The van der Waals surface area contributed by atoms with Crippen LogP contribution in [0.1, 0.15) is 56.9 Å². The highest BCUT2D eigenvalue weighted by atomic mass is 32.1. The number of aryl methyl sites for hydroxylation is 2. The first-order chi connectivity index (χ1) is 15.8. The van der Waals surface area contributed by atoms with Gasteiger partial charge in [-0.1, -0.05) is 54.6 Å². The number of carbonyl (C=O) groups is 2. The van der Waals surface area contributed by atoms with Crippen LogP contribution in [-0.2, 0) is 11.2 Å². The maximum atomic E-state index is 13.2. The van der Waals surface area contributed by atoms with E-state index in [0.717, 1.165) is 48.1 Å². The standard InChI is InChI=1S/C28H29NO3S/c1-17-24(12-19-8-10-21(11-9-19)20-6-4-3-5-7-20)25(18(2)33-17)26(30)29-23-15-28(16-23)13-22(14-28)27(31)32/h3-11,22-23H,12-16H2,1-2H3,(H,29,30)(H,31,32). The van der Waals surface area contributed by atoms with E-state index < -0.39 is 5.97 Å². The quantitative estimate of drug-likeness (QED) is 0.475. The van der Waals surface area contributed by atoms with Crippen LogP contribution < -0.4 is 5.32 Å². The molecule has 2 saturated carbocycles. The van der Waals surface area contributed by atoms with Gasteiger partial charge in [0.15, 0.2) is 0 Å². The van der Waals surface area contributed by atoms with Gasteiger partial charge in [-0.25, -0.2) is 0 Å². The molecule has 5 rings (SSSR count). The summed E-state index contributed by atoms with van der Waals surface area (Å²) < 4.78 is 0. The molecule has 2 aliphatic carbocycles. The average molecular weight is 460 g/mol. The minimum absolute atomic E-state index is 0.0155. The molecule has 0 aliphatic heterocycles. The summed E-state index contributed by atoms with van der Waals surface area (Å²) in [7, 11) is 0. The lowest BCUT2D eigenvalue weighted by Gasteiger charge is -2.56. The number of hydrogen-bond acceptors (Lipinski definition) is 3. The second-order valence-corrected chi connectivity index (χ2v) is 11.3. The summed E-state index contributed by atoms with van der Waals surface area (Å²) in [4.78, 5) is 26.6. The van der Waals surface area contributed by atoms with E-state index in [-0.39, 0.29) is 23.3 Å². The molecular formula is C28H29NO3S. The summed E-state index contributed by atoms with van der Waals surface area (Å²) >= 11 is 1.69. The molecule has 1 amide bonds. The molecule has 3 aromatic rings. The first-order valence-corrected chi connectivity index (χ1v) is 12.4. The van der Waals surface area contributed by atoms with Gasteiger partial charge in [0.2, 0.25) is 0 Å². The lowest BCUT2D eigenvalue weighted by Crippen LogP contribution is -2.57. The maximum Gasteiger partial charge on any atom is 0.306 e. The van der Waals surface area contributed by atoms with E-state index in [9.17, 15) is 9.59 Å². The zero-order valence-electron chi connectivity index (χ0n) is 19.1. The van der Waals surface area contributed by atoms with Crippen LogP contribution in [0.25, 0.3) is 11.1 Å². The molecule has 0 bridgehead atoms. The smallest absolute Gasteiger partial charge is 0.306 e. The molecule has 2 aliphatic rings. The molecule has 0 saturated heterocycles. The average Bonchev–Trinajstić information content (AvgIpc) is 3.02. The molecular weight excluding hydrogens is 430 g/mol. The van der Waals surface area contributed by atoms with E-state index in [1.807, 2.05) is 25.1 Å². The normalized spacial score (nSPS) is 23.6. The van der Waals surface area contributed by atoms with Crippen molar-refractivity contribution in [3.8, 4) is 11.1 Å². The number of amides is 1. The van der Waals surface area contributed by atoms with Gasteiger partial charge in [0, 0.05) is 15.8 Å². The summed E-state index contributed by atoms with van der Waals surface area (Å²) in [5.41, 5.74) is 5.68. The number of carboxylic acid groups (broad SMARTS) is 1. The van der Waals surface area contributed by atoms with Crippen LogP contribution in [0.2, 0.25) is 0 Å². The van der Waals surface area contributed by atoms with Gasteiger partial charge in [0.1, 0.15) is 0 Å². The molecule has 0 unspecified atom stereocenters. The molecule has 1 spiro atoms. The highest BCUT2D eigenvalue weighted by Crippen LogP contribution is 2.58. The van der Waals surface area contributed by atoms with Gasteiger partial charge >= 0.3 is 5.97 Å². The van der Waals surface area contributed by atoms with Gasteiger partial charge in [0.25, 0.3) is 5.91 Å². The summed E-state index contributed by atoms with van der Waals surface area (Å²) in [5, 5.41) is 12.4. The molecule has 33 heavy (non-hydrogen) atoms. The van der Waals surface area contributed by atoms with Crippen LogP contribution in [0.4, 0.5) is 0 Å². The van der Waals surface area contributed by atoms with Crippen molar-refractivity contribution in [2.24, 2.45) is 11.3 Å². The molecule has 5 heteroatoms. The Balaban J connectivity index is 1.26. The van der Waals surface area contributed by atoms with Crippen molar-refractivity contribution in [1.29, 1.82) is 0 Å². The number of carbonyl (C=O) groups excluding carboxylic acids is 1. The highest BCUT2D eigenvalue weighted by Gasteiger charge is 2.55. The number of thiophene rings is 1. The van der Waals surface area contributed by atoms with Gasteiger partial charge in [-0.15, -0.1) is 11.3 Å². The van der Waals surface area contributed by atoms with Crippen molar-refractivity contribution in [2.75, 3.05) is 0 Å². The van der Waals surface area contributed by atoms with E-state index in [1.54, 1.807) is 11.3 Å². The van der Waals surface area contributed by atoms with Crippen LogP contribution in [-0.4, -0.2) is 23.0 Å². The number of benzene rings is 2. The lowest BCUT2D eigenvalue weighted by atomic mass is 9.50. The van der Waals surface area contributed by atoms with Gasteiger partial charge in [-0.3, -0.25) is 9.59 Å². The summed E-state index contributed by atoms with van der Waals surface area (Å²) in [5.74, 6) is -0.857. The topological polar surface area (TPSA) is 66.4 Å². The van der Waals surface area contributed by atoms with E-state index in [1.165, 1.54) is 21.6 Å². The number of rotatable bonds is 6. The van der Waals surface area contributed by atoms with Crippen LogP contribution in [0, 0.1) is 25.2 Å². The Morgan fingerprint density at radius 2 is 1.58 bits per heavy atom. The fraction of sp³-hybridized carbons (Fsp3) is 0.357. The van der Waals surface area contributed by atoms with Crippen molar-refractivity contribution in [3.05, 3.63) is 81.0 Å². The summed E-state index contributed by atoms with van der Waals surface area (Å²) in [6, 6.07) is 19.1. The Bertz CT molecular complexity index is 1180. The predicted octanol–water partition coefficient (Wildman–Crippen LogP) is 6.00. The molecule has 2 fully saturated rings. The van der Waals surface area contributed by atoms with Gasteiger partial charge in [-0.2, -0.15) is 0 Å². The van der Waals surface area contributed by atoms with Gasteiger partial charge in [-0.05, 0) is 73.6 Å². The molecule has 2 aromatic carbocycles. The number of nitrogens with one attached hydrogen (secondary N) is 1. The second-order valence-electron chi connectivity index (χ2n) is 9.83. The highest BCUT2D eigenvalue weighted by molar-refractivity contribution is 7.12. The Morgan fingerprint density at radius 3 is 2.21 bits per heavy atom. The zero-order chi connectivity index (χ0) is 23.2. The van der Waals surface area contributed by atoms with Crippen molar-refractivity contribution < 1.29 is 14.7 Å². The second kappa shape index (κ2) is 8.45. The van der Waals surface area contributed by atoms with Crippen molar-refractivity contribution in [2.45, 2.75) is 52.0 Å². The van der Waals surface area contributed by atoms with Crippen molar-refractivity contribution in [1.82, 2.24) is 5.32 Å². The SMILES string of the molecule is Cc1sc(C)c(C(=O)NC2CC3(C2)CC(C(=O)O)C3)c1Cc1ccc(-c2ccccc2)cc1. The number of hydrogen-bond donors (Lipinski definition) is 2. The third-order valence-corrected chi connectivity index (χ3v) is 8.52. The minimum Gasteiger partial charge on any atom is -0.481 e. The Morgan fingerprint density at radius 1 is 0.939 bits per heavy atom. The van der Waals surface area contributed by atoms with Gasteiger partial charge in [0.05, 0.1) is 11.5 Å². The largest absolute Gasteiger partial charge is 0.481 e. The maximum absolute atomic E-state index is 13.2. The summed E-state index contributed by atoms with van der Waals surface area (Å²) in [6.07, 6.45) is 4.07. The first-order valence-electron chi connectivity index (χ1n) is 11.6. The lowest BCUT2D eigenvalue weighted by molar-refractivity contribution is -0.155. The number of carboxylic acids is 1. The fourth-order valence-electron chi connectivity index (χ4n) is 5.73. The van der Waals surface area contributed by atoms with Crippen molar-refractivity contribution in [3.63, 3.8) is 0 Å². The third-order valence-electron chi connectivity index (χ3n) is 7.46. The summed E-state index contributed by atoms with van der Waals surface area (Å²) in [6.45, 7) is 4.13. The molecule has 170 valence electrons. The zero-order valence-corrected chi connectivity index (χ0v) is 19.9. The molecule has 1 aromatic heterocycles. The molecule has 0 radical (unpaired) electrons. The van der Waals surface area contributed by atoms with Crippen LogP contribution >= 0.6 is 11.3 Å². The Hall–Kier alpha value is -2.92. The third kappa shape index (κ3) is 4.22. The molecule has 1 heterocycles. The van der Waals surface area contributed by atoms with Crippen molar-refractivity contribution >= 4 is 23.2 Å². The Kier molecular flexibility index (Phi) is 5.61. The molecule has 0 atom stereocenters. The Labute approximate surface area is 198 Å². The van der Waals surface area contributed by atoms with E-state index >= 15 is 0 Å².